The van der Waals surface area contributed by atoms with E-state index in [1.165, 1.54) is 4.88 Å². The van der Waals surface area contributed by atoms with Gasteiger partial charge in [0.25, 0.3) is 0 Å². The van der Waals surface area contributed by atoms with E-state index in [0.29, 0.717) is 12.5 Å². The highest BCUT2D eigenvalue weighted by atomic mass is 32.1. The van der Waals surface area contributed by atoms with Crippen LogP contribution in [0.15, 0.2) is 0 Å². The minimum absolute atomic E-state index is 0.0387. The molecule has 6 nitrogen and oxygen atoms in total. The maximum Gasteiger partial charge on any atom is 0.238 e. The first-order valence-electron chi connectivity index (χ1n) is 8.19. The summed E-state index contributed by atoms with van der Waals surface area (Å²) < 4.78 is 0. The largest absolute Gasteiger partial charge is 0.322 e. The first kappa shape index (κ1) is 18.6. The van der Waals surface area contributed by atoms with E-state index in [4.69, 9.17) is 0 Å². The fourth-order valence-electron chi connectivity index (χ4n) is 2.54. The van der Waals surface area contributed by atoms with E-state index in [1.807, 2.05) is 32.7 Å². The van der Waals surface area contributed by atoms with Gasteiger partial charge in [0.05, 0.1) is 34.3 Å². The van der Waals surface area contributed by atoms with Crippen LogP contribution in [0.1, 0.15) is 59.7 Å². The number of thiazole rings is 1. The molecule has 0 spiro atoms. The fraction of sp³-hybridized carbons (Fsp3) is 0.588. The highest BCUT2D eigenvalue weighted by Gasteiger charge is 2.21. The van der Waals surface area contributed by atoms with Gasteiger partial charge >= 0.3 is 0 Å². The van der Waals surface area contributed by atoms with Crippen molar-refractivity contribution < 1.29 is 4.79 Å². The Labute approximate surface area is 147 Å². The van der Waals surface area contributed by atoms with Gasteiger partial charge < -0.3 is 5.32 Å². The molecule has 0 radical (unpaired) electrons. The summed E-state index contributed by atoms with van der Waals surface area (Å²) in [4.78, 5) is 20.3. The molecule has 1 amide bonds. The van der Waals surface area contributed by atoms with Gasteiger partial charge in [-0.2, -0.15) is 5.10 Å². The van der Waals surface area contributed by atoms with Crippen LogP contribution in [-0.4, -0.2) is 39.6 Å². The number of rotatable bonds is 6. The standard InChI is InChI=1S/C17H27N5OS/c1-9(2)17-18-12(5)16(24-17)13(6)22(7)8-14(23)19-15-10(3)20-21-11(15)4/h9,13H,8H2,1-7H3,(H,19,23)(H,20,21)/t13-/m0/s1. The number of hydrogen-bond acceptors (Lipinski definition) is 5. The average molecular weight is 350 g/mol. The van der Waals surface area contributed by atoms with Crippen LogP contribution in [0, 0.1) is 20.8 Å². The van der Waals surface area contributed by atoms with E-state index >= 15 is 0 Å². The molecule has 0 aliphatic rings. The van der Waals surface area contributed by atoms with Crippen LogP contribution < -0.4 is 5.32 Å². The fourth-order valence-corrected chi connectivity index (χ4v) is 3.73. The summed E-state index contributed by atoms with van der Waals surface area (Å²) in [5, 5.41) is 11.1. The lowest BCUT2D eigenvalue weighted by Crippen LogP contribution is -2.32. The molecule has 7 heteroatoms. The van der Waals surface area contributed by atoms with E-state index in [9.17, 15) is 4.79 Å². The van der Waals surface area contributed by atoms with E-state index in [1.54, 1.807) is 11.3 Å². The molecule has 0 saturated heterocycles. The zero-order valence-electron chi connectivity index (χ0n) is 15.5. The third-order valence-corrected chi connectivity index (χ3v) is 5.80. The van der Waals surface area contributed by atoms with E-state index in [-0.39, 0.29) is 11.9 Å². The van der Waals surface area contributed by atoms with Gasteiger partial charge in [0.2, 0.25) is 5.91 Å². The Morgan fingerprint density at radius 1 is 1.25 bits per heavy atom. The number of hydrogen-bond donors (Lipinski definition) is 2. The van der Waals surface area contributed by atoms with Crippen molar-refractivity contribution in [2.45, 2.75) is 53.5 Å². The molecule has 132 valence electrons. The van der Waals surface area contributed by atoms with Crippen molar-refractivity contribution in [2.24, 2.45) is 0 Å². The quantitative estimate of drug-likeness (QED) is 0.836. The van der Waals surface area contributed by atoms with E-state index in [0.717, 1.165) is 27.8 Å². The van der Waals surface area contributed by atoms with Gasteiger partial charge in [0.1, 0.15) is 0 Å². The number of aromatic nitrogens is 3. The van der Waals surface area contributed by atoms with Gasteiger partial charge in [-0.25, -0.2) is 4.98 Å². The first-order chi connectivity index (χ1) is 11.2. The number of amides is 1. The van der Waals surface area contributed by atoms with Crippen LogP contribution in [0.2, 0.25) is 0 Å². The van der Waals surface area contributed by atoms with Crippen LogP contribution in [0.5, 0.6) is 0 Å². The predicted molar refractivity (Wildman–Crippen MR) is 98.7 cm³/mol. The Hall–Kier alpha value is -1.73. The summed E-state index contributed by atoms with van der Waals surface area (Å²) in [6.07, 6.45) is 0. The number of likely N-dealkylation sites (N-methyl/N-ethyl adjacent to an activating group) is 1. The lowest BCUT2D eigenvalue weighted by Gasteiger charge is -2.23. The Morgan fingerprint density at radius 3 is 2.42 bits per heavy atom. The van der Waals surface area contributed by atoms with Crippen molar-refractivity contribution in [3.63, 3.8) is 0 Å². The predicted octanol–water partition coefficient (Wildman–Crippen LogP) is 3.55. The highest BCUT2D eigenvalue weighted by molar-refractivity contribution is 7.11. The number of aromatic amines is 1. The van der Waals surface area contributed by atoms with Crippen LogP contribution in [0.4, 0.5) is 5.69 Å². The molecule has 0 bridgehead atoms. The van der Waals surface area contributed by atoms with Crippen molar-refractivity contribution >= 4 is 22.9 Å². The van der Waals surface area contributed by atoms with Crippen molar-refractivity contribution in [1.82, 2.24) is 20.1 Å². The molecular formula is C17H27N5OS. The minimum atomic E-state index is -0.0387. The molecule has 24 heavy (non-hydrogen) atoms. The molecule has 2 rings (SSSR count). The lowest BCUT2D eigenvalue weighted by molar-refractivity contribution is -0.117. The first-order valence-corrected chi connectivity index (χ1v) is 9.01. The average Bonchev–Trinajstić information content (AvgIpc) is 3.04. The van der Waals surface area contributed by atoms with Gasteiger partial charge in [-0.15, -0.1) is 11.3 Å². The number of aryl methyl sites for hydroxylation is 3. The summed E-state index contributed by atoms with van der Waals surface area (Å²) in [6, 6.07) is 0.146. The Balaban J connectivity index is 2.03. The summed E-state index contributed by atoms with van der Waals surface area (Å²) in [5.74, 6) is 0.387. The molecular weight excluding hydrogens is 322 g/mol. The summed E-state index contributed by atoms with van der Waals surface area (Å²) in [7, 11) is 1.97. The Morgan fingerprint density at radius 2 is 1.92 bits per heavy atom. The topological polar surface area (TPSA) is 73.9 Å². The van der Waals surface area contributed by atoms with Crippen LogP contribution in [0.3, 0.4) is 0 Å². The zero-order chi connectivity index (χ0) is 18.0. The second kappa shape index (κ2) is 7.44. The number of carbonyl (C=O) groups excluding carboxylic acids is 1. The number of nitrogens with zero attached hydrogens (tertiary/aromatic N) is 3. The highest BCUT2D eigenvalue weighted by Crippen LogP contribution is 2.31. The number of H-pyrrole nitrogens is 1. The van der Waals surface area contributed by atoms with Gasteiger partial charge in [0.15, 0.2) is 0 Å². The van der Waals surface area contributed by atoms with Crippen LogP contribution >= 0.6 is 11.3 Å². The van der Waals surface area contributed by atoms with Crippen LogP contribution in [0.25, 0.3) is 0 Å². The van der Waals surface area contributed by atoms with E-state index in [2.05, 4.69) is 41.3 Å². The van der Waals surface area contributed by atoms with E-state index < -0.39 is 0 Å². The molecule has 0 aliphatic heterocycles. The number of anilines is 1. The summed E-state index contributed by atoms with van der Waals surface area (Å²) in [5.41, 5.74) is 3.51. The van der Waals surface area contributed by atoms with Crippen molar-refractivity contribution in [3.05, 3.63) is 27.0 Å². The minimum Gasteiger partial charge on any atom is -0.322 e. The summed E-state index contributed by atoms with van der Waals surface area (Å²) in [6.45, 7) is 12.6. The molecule has 1 atom stereocenters. The zero-order valence-corrected chi connectivity index (χ0v) is 16.3. The monoisotopic (exact) mass is 349 g/mol. The van der Waals surface area contributed by atoms with Crippen molar-refractivity contribution in [1.29, 1.82) is 0 Å². The molecule has 0 fully saturated rings. The van der Waals surface area contributed by atoms with Gasteiger partial charge in [0, 0.05) is 16.8 Å². The molecule has 0 aromatic carbocycles. The SMILES string of the molecule is Cc1nc(C(C)C)sc1[C@H](C)N(C)CC(=O)Nc1c(C)n[nH]c1C. The third kappa shape index (κ3) is 4.02. The normalized spacial score (nSPS) is 12.9. The second-order valence-corrected chi connectivity index (χ2v) is 7.67. The van der Waals surface area contributed by atoms with Gasteiger partial charge in [-0.3, -0.25) is 14.8 Å². The van der Waals surface area contributed by atoms with Gasteiger partial charge in [-0.1, -0.05) is 13.8 Å². The van der Waals surface area contributed by atoms with Crippen molar-refractivity contribution in [2.75, 3.05) is 18.9 Å². The second-order valence-electron chi connectivity index (χ2n) is 6.60. The lowest BCUT2D eigenvalue weighted by atomic mass is 10.2. The number of carbonyl (C=O) groups is 1. The summed E-state index contributed by atoms with van der Waals surface area (Å²) >= 11 is 1.74. The third-order valence-electron chi connectivity index (χ3n) is 4.17. The maximum absolute atomic E-state index is 12.4. The molecule has 0 aliphatic carbocycles. The van der Waals surface area contributed by atoms with Crippen molar-refractivity contribution in [3.8, 4) is 0 Å². The molecule has 0 saturated carbocycles. The Bertz CT molecular complexity index is 699. The van der Waals surface area contributed by atoms with Crippen LogP contribution in [-0.2, 0) is 4.79 Å². The maximum atomic E-state index is 12.4. The molecule has 2 aromatic rings. The van der Waals surface area contributed by atoms with Gasteiger partial charge in [-0.05, 0) is 34.7 Å². The molecule has 2 heterocycles. The molecule has 2 N–H and O–H groups in total. The molecule has 0 unspecified atom stereocenters. The smallest absolute Gasteiger partial charge is 0.238 e. The molecule has 2 aromatic heterocycles. The Kier molecular flexibility index (Phi) is 5.77. The number of nitrogens with one attached hydrogen (secondary N) is 2.